The summed E-state index contributed by atoms with van der Waals surface area (Å²) in [4.78, 5) is 20.5. The van der Waals surface area contributed by atoms with Crippen LogP contribution < -0.4 is 10.2 Å². The lowest BCUT2D eigenvalue weighted by Crippen LogP contribution is -2.46. The number of carbonyl (C=O) groups excluding carboxylic acids is 1. The van der Waals surface area contributed by atoms with Gasteiger partial charge in [0.05, 0.1) is 22.2 Å². The minimum Gasteiger partial charge on any atom is -0.334 e. The molecular formula is C25H22N4O2S. The van der Waals surface area contributed by atoms with Crippen molar-refractivity contribution in [2.24, 2.45) is 0 Å². The van der Waals surface area contributed by atoms with Crippen molar-refractivity contribution in [2.45, 2.75) is 26.3 Å². The van der Waals surface area contributed by atoms with Gasteiger partial charge in [0, 0.05) is 5.70 Å². The molecule has 6 nitrogen and oxygen atoms in total. The smallest absolute Gasteiger partial charge is 0.326 e. The van der Waals surface area contributed by atoms with Crippen LogP contribution in [0.3, 0.4) is 0 Å². The number of aryl methyl sites for hydroxylation is 1. The standard InChI is InChI=1S/C25H22N4O2S/c1-3-17-11-13-18(14-12-17)22-21(24-27-23(28-31-24)20-10-7-15-32-20)16(2)29(25(30)26-22)19-8-5-4-6-9-19/h4-15,22H,3H2,1-2H3,(H,26,30). The summed E-state index contributed by atoms with van der Waals surface area (Å²) < 4.78 is 5.72. The molecule has 0 saturated carbocycles. The Morgan fingerprint density at radius 2 is 1.84 bits per heavy atom. The maximum absolute atomic E-state index is 13.2. The molecule has 1 N–H and O–H groups in total. The molecule has 160 valence electrons. The third kappa shape index (κ3) is 3.61. The van der Waals surface area contributed by atoms with Crippen molar-refractivity contribution in [3.05, 3.63) is 94.8 Å². The highest BCUT2D eigenvalue weighted by molar-refractivity contribution is 7.13. The molecule has 7 heteroatoms. The predicted molar refractivity (Wildman–Crippen MR) is 126 cm³/mol. The highest BCUT2D eigenvalue weighted by atomic mass is 32.1. The summed E-state index contributed by atoms with van der Waals surface area (Å²) in [5.41, 5.74) is 4.52. The van der Waals surface area contributed by atoms with E-state index >= 15 is 0 Å². The number of nitrogens with one attached hydrogen (secondary N) is 1. The van der Waals surface area contributed by atoms with Gasteiger partial charge in [-0.25, -0.2) is 4.79 Å². The molecule has 5 rings (SSSR count). The Hall–Kier alpha value is -3.71. The van der Waals surface area contributed by atoms with Gasteiger partial charge in [-0.2, -0.15) is 4.98 Å². The predicted octanol–water partition coefficient (Wildman–Crippen LogP) is 6.06. The zero-order valence-corrected chi connectivity index (χ0v) is 18.6. The van der Waals surface area contributed by atoms with Crippen LogP contribution in [0.1, 0.15) is 36.9 Å². The Balaban J connectivity index is 1.65. The summed E-state index contributed by atoms with van der Waals surface area (Å²) in [6.07, 6.45) is 0.953. The van der Waals surface area contributed by atoms with Gasteiger partial charge in [-0.15, -0.1) is 11.3 Å². The lowest BCUT2D eigenvalue weighted by molar-refractivity contribution is 0.244. The summed E-state index contributed by atoms with van der Waals surface area (Å²) >= 11 is 1.55. The van der Waals surface area contributed by atoms with E-state index in [1.54, 1.807) is 16.2 Å². The molecule has 2 aromatic heterocycles. The maximum Gasteiger partial charge on any atom is 0.326 e. The Bertz CT molecular complexity index is 1260. The van der Waals surface area contributed by atoms with Crippen LogP contribution in [0.4, 0.5) is 10.5 Å². The summed E-state index contributed by atoms with van der Waals surface area (Å²) in [7, 11) is 0. The molecule has 2 aromatic carbocycles. The molecule has 4 aromatic rings. The summed E-state index contributed by atoms with van der Waals surface area (Å²) in [5, 5.41) is 9.32. The number of thiophene rings is 1. The molecule has 0 bridgehead atoms. The molecule has 0 aliphatic carbocycles. The number of hydrogen-bond donors (Lipinski definition) is 1. The molecule has 2 amide bonds. The van der Waals surface area contributed by atoms with Gasteiger partial charge in [-0.1, -0.05) is 60.6 Å². The number of carbonyl (C=O) groups is 1. The fourth-order valence-electron chi connectivity index (χ4n) is 3.94. The average Bonchev–Trinajstić information content (AvgIpc) is 3.52. The van der Waals surface area contributed by atoms with Gasteiger partial charge in [0.25, 0.3) is 5.89 Å². The number of hydrogen-bond acceptors (Lipinski definition) is 5. The van der Waals surface area contributed by atoms with Crippen molar-refractivity contribution >= 4 is 28.6 Å². The van der Waals surface area contributed by atoms with Crippen molar-refractivity contribution in [1.82, 2.24) is 15.5 Å². The first-order valence-electron chi connectivity index (χ1n) is 10.5. The summed E-state index contributed by atoms with van der Waals surface area (Å²) in [6.45, 7) is 4.04. The van der Waals surface area contributed by atoms with Crippen molar-refractivity contribution in [2.75, 3.05) is 4.90 Å². The molecule has 1 atom stereocenters. The van der Waals surface area contributed by atoms with Crippen molar-refractivity contribution < 1.29 is 9.32 Å². The summed E-state index contributed by atoms with van der Waals surface area (Å²) in [6, 6.07) is 21.1. The molecule has 1 aliphatic heterocycles. The first-order chi connectivity index (χ1) is 15.7. The van der Waals surface area contributed by atoms with E-state index in [1.165, 1.54) is 5.56 Å². The number of nitrogens with zero attached hydrogens (tertiary/aromatic N) is 3. The number of benzene rings is 2. The van der Waals surface area contributed by atoms with Gasteiger partial charge in [-0.3, -0.25) is 4.90 Å². The number of anilines is 1. The van der Waals surface area contributed by atoms with Crippen LogP contribution in [0, 0.1) is 0 Å². The van der Waals surface area contributed by atoms with Crippen molar-refractivity contribution in [1.29, 1.82) is 0 Å². The maximum atomic E-state index is 13.2. The lowest BCUT2D eigenvalue weighted by Gasteiger charge is -2.35. The van der Waals surface area contributed by atoms with Crippen LogP contribution in [0.2, 0.25) is 0 Å². The van der Waals surface area contributed by atoms with E-state index in [0.29, 0.717) is 11.7 Å². The number of aromatic nitrogens is 2. The normalized spacial score (nSPS) is 16.4. The lowest BCUT2D eigenvalue weighted by atomic mass is 9.93. The Morgan fingerprint density at radius 1 is 1.06 bits per heavy atom. The van der Waals surface area contributed by atoms with Crippen molar-refractivity contribution in [3.63, 3.8) is 0 Å². The molecule has 32 heavy (non-hydrogen) atoms. The average molecular weight is 443 g/mol. The monoisotopic (exact) mass is 442 g/mol. The van der Waals surface area contributed by atoms with E-state index in [9.17, 15) is 4.79 Å². The Morgan fingerprint density at radius 3 is 2.53 bits per heavy atom. The zero-order valence-electron chi connectivity index (χ0n) is 17.8. The molecule has 3 heterocycles. The van der Waals surface area contributed by atoms with E-state index in [1.807, 2.05) is 66.9 Å². The molecule has 0 radical (unpaired) electrons. The minimum absolute atomic E-state index is 0.194. The quantitative estimate of drug-likeness (QED) is 0.408. The van der Waals surface area contributed by atoms with Crippen LogP contribution in [-0.4, -0.2) is 16.2 Å². The molecule has 0 saturated heterocycles. The highest BCUT2D eigenvalue weighted by Gasteiger charge is 2.36. The number of amides is 2. The second-order valence-corrected chi connectivity index (χ2v) is 8.50. The largest absolute Gasteiger partial charge is 0.334 e. The molecular weight excluding hydrogens is 420 g/mol. The molecule has 1 aliphatic rings. The molecule has 1 unspecified atom stereocenters. The Labute approximate surface area is 190 Å². The third-order valence-corrected chi connectivity index (χ3v) is 6.48. The second kappa shape index (κ2) is 8.43. The molecule has 0 spiro atoms. The van der Waals surface area contributed by atoms with Crippen LogP contribution in [-0.2, 0) is 6.42 Å². The highest BCUT2D eigenvalue weighted by Crippen LogP contribution is 2.39. The van der Waals surface area contributed by atoms with E-state index in [2.05, 4.69) is 34.5 Å². The van der Waals surface area contributed by atoms with E-state index in [0.717, 1.165) is 33.8 Å². The van der Waals surface area contributed by atoms with Gasteiger partial charge in [0.15, 0.2) is 0 Å². The third-order valence-electron chi connectivity index (χ3n) is 5.62. The van der Waals surface area contributed by atoms with E-state index in [-0.39, 0.29) is 6.03 Å². The van der Waals surface area contributed by atoms with E-state index < -0.39 is 6.04 Å². The number of allylic oxidation sites excluding steroid dienone is 1. The van der Waals surface area contributed by atoms with Crippen LogP contribution in [0.15, 0.2) is 82.3 Å². The second-order valence-electron chi connectivity index (χ2n) is 7.55. The minimum atomic E-state index is -0.398. The van der Waals surface area contributed by atoms with Crippen LogP contribution in [0.5, 0.6) is 0 Å². The SMILES string of the molecule is CCc1ccc(C2NC(=O)N(c3ccccc3)C(C)=C2c2nc(-c3cccs3)no2)cc1. The van der Waals surface area contributed by atoms with Gasteiger partial charge in [0.1, 0.15) is 0 Å². The van der Waals surface area contributed by atoms with Gasteiger partial charge >= 0.3 is 6.03 Å². The first kappa shape index (κ1) is 20.2. The number of urea groups is 1. The number of rotatable bonds is 5. The van der Waals surface area contributed by atoms with E-state index in [4.69, 9.17) is 4.52 Å². The van der Waals surface area contributed by atoms with Crippen LogP contribution in [0.25, 0.3) is 16.3 Å². The fraction of sp³-hybridized carbons (Fsp3) is 0.160. The van der Waals surface area contributed by atoms with Gasteiger partial charge in [-0.05, 0) is 48.1 Å². The first-order valence-corrected chi connectivity index (χ1v) is 11.4. The topological polar surface area (TPSA) is 71.3 Å². The Kier molecular flexibility index (Phi) is 5.33. The van der Waals surface area contributed by atoms with Gasteiger partial charge in [0.2, 0.25) is 5.82 Å². The summed E-state index contributed by atoms with van der Waals surface area (Å²) in [5.74, 6) is 0.940. The van der Waals surface area contributed by atoms with Crippen LogP contribution >= 0.6 is 11.3 Å². The number of para-hydroxylation sites is 1. The van der Waals surface area contributed by atoms with Gasteiger partial charge < -0.3 is 9.84 Å². The molecule has 0 fully saturated rings. The fourth-order valence-corrected chi connectivity index (χ4v) is 4.59. The zero-order chi connectivity index (χ0) is 22.1. The van der Waals surface area contributed by atoms with Crippen molar-refractivity contribution in [3.8, 4) is 10.7 Å².